The zero-order chi connectivity index (χ0) is 11.2. The summed E-state index contributed by atoms with van der Waals surface area (Å²) in [5.74, 6) is -0.433. The highest BCUT2D eigenvalue weighted by Crippen LogP contribution is 2.18. The first-order chi connectivity index (χ1) is 6.35. The van der Waals surface area contributed by atoms with Gasteiger partial charge in [-0.05, 0) is 6.92 Å². The summed E-state index contributed by atoms with van der Waals surface area (Å²) in [6.45, 7) is 1.45. The molecule has 0 spiro atoms. The summed E-state index contributed by atoms with van der Waals surface area (Å²) in [6, 6.07) is -0.301. The van der Waals surface area contributed by atoms with Crippen LogP contribution in [0.4, 0.5) is 13.2 Å². The number of alkyl halides is 3. The van der Waals surface area contributed by atoms with Crippen LogP contribution in [0.2, 0.25) is 0 Å². The number of carbonyl (C=O) groups excluding carboxylic acids is 1. The molecule has 0 aliphatic carbocycles. The normalized spacial score (nSPS) is 13.8. The average molecular weight is 213 g/mol. The molecule has 84 valence electrons. The SMILES string of the molecule is COC(=O)CC(C)NCCC(F)(F)F. The number of methoxy groups -OCH3 is 1. The fourth-order valence-corrected chi connectivity index (χ4v) is 0.866. The van der Waals surface area contributed by atoms with E-state index in [0.29, 0.717) is 0 Å². The summed E-state index contributed by atoms with van der Waals surface area (Å²) in [5.41, 5.74) is 0. The Kier molecular flexibility index (Phi) is 5.52. The molecule has 1 N–H and O–H groups in total. The molecule has 0 fully saturated rings. The summed E-state index contributed by atoms with van der Waals surface area (Å²) in [5, 5.41) is 2.58. The molecule has 3 nitrogen and oxygen atoms in total. The number of rotatable bonds is 5. The van der Waals surface area contributed by atoms with Crippen molar-refractivity contribution in [2.45, 2.75) is 32.0 Å². The Hall–Kier alpha value is -0.780. The first kappa shape index (κ1) is 13.2. The first-order valence-corrected chi connectivity index (χ1v) is 4.22. The van der Waals surface area contributed by atoms with Crippen molar-refractivity contribution in [2.75, 3.05) is 13.7 Å². The lowest BCUT2D eigenvalue weighted by molar-refractivity contribution is -0.141. The molecule has 0 saturated heterocycles. The highest BCUT2D eigenvalue weighted by atomic mass is 19.4. The lowest BCUT2D eigenvalue weighted by Gasteiger charge is -2.13. The maximum absolute atomic E-state index is 11.7. The summed E-state index contributed by atoms with van der Waals surface area (Å²) >= 11 is 0. The Morgan fingerprint density at radius 3 is 2.50 bits per heavy atom. The van der Waals surface area contributed by atoms with E-state index in [-0.39, 0.29) is 19.0 Å². The molecule has 0 aromatic rings. The zero-order valence-electron chi connectivity index (χ0n) is 8.15. The van der Waals surface area contributed by atoms with E-state index in [1.54, 1.807) is 6.92 Å². The van der Waals surface area contributed by atoms with Crippen LogP contribution < -0.4 is 5.32 Å². The second kappa shape index (κ2) is 5.85. The molecule has 0 aromatic carbocycles. The van der Waals surface area contributed by atoms with Gasteiger partial charge in [0, 0.05) is 12.6 Å². The number of carbonyl (C=O) groups is 1. The van der Waals surface area contributed by atoms with Gasteiger partial charge in [-0.3, -0.25) is 4.79 Å². The van der Waals surface area contributed by atoms with Crippen LogP contribution in [0.3, 0.4) is 0 Å². The van der Waals surface area contributed by atoms with Gasteiger partial charge in [-0.1, -0.05) is 0 Å². The molecule has 0 aliphatic heterocycles. The van der Waals surface area contributed by atoms with Gasteiger partial charge in [-0.25, -0.2) is 0 Å². The molecule has 0 heterocycles. The van der Waals surface area contributed by atoms with E-state index >= 15 is 0 Å². The molecular formula is C8H14F3NO2. The molecule has 0 saturated carbocycles. The maximum Gasteiger partial charge on any atom is 0.390 e. The van der Waals surface area contributed by atoms with Gasteiger partial charge in [0.25, 0.3) is 0 Å². The van der Waals surface area contributed by atoms with Gasteiger partial charge in [0.1, 0.15) is 0 Å². The molecule has 0 aliphatic rings. The number of hydrogen-bond acceptors (Lipinski definition) is 3. The minimum Gasteiger partial charge on any atom is -0.469 e. The lowest BCUT2D eigenvalue weighted by atomic mass is 10.2. The highest BCUT2D eigenvalue weighted by Gasteiger charge is 2.26. The monoisotopic (exact) mass is 213 g/mol. The van der Waals surface area contributed by atoms with Gasteiger partial charge in [0.05, 0.1) is 20.0 Å². The van der Waals surface area contributed by atoms with Crippen LogP contribution >= 0.6 is 0 Å². The molecule has 14 heavy (non-hydrogen) atoms. The van der Waals surface area contributed by atoms with Crippen molar-refractivity contribution >= 4 is 5.97 Å². The fraction of sp³-hybridized carbons (Fsp3) is 0.875. The molecule has 0 aromatic heterocycles. The van der Waals surface area contributed by atoms with Crippen LogP contribution in [-0.4, -0.2) is 31.8 Å². The van der Waals surface area contributed by atoms with E-state index < -0.39 is 18.6 Å². The van der Waals surface area contributed by atoms with Crippen LogP contribution in [-0.2, 0) is 9.53 Å². The molecule has 1 unspecified atom stereocenters. The number of halogens is 3. The van der Waals surface area contributed by atoms with E-state index in [9.17, 15) is 18.0 Å². The summed E-state index contributed by atoms with van der Waals surface area (Å²) in [6.07, 6.45) is -4.97. The number of esters is 1. The van der Waals surface area contributed by atoms with Gasteiger partial charge in [0.15, 0.2) is 0 Å². The Bertz CT molecular complexity index is 182. The van der Waals surface area contributed by atoms with Crippen LogP contribution in [0, 0.1) is 0 Å². The number of nitrogens with one attached hydrogen (secondary N) is 1. The molecule has 6 heteroatoms. The molecular weight excluding hydrogens is 199 g/mol. The van der Waals surface area contributed by atoms with E-state index in [1.165, 1.54) is 7.11 Å². The van der Waals surface area contributed by atoms with Gasteiger partial charge >= 0.3 is 12.1 Å². The number of ether oxygens (including phenoxy) is 1. The largest absolute Gasteiger partial charge is 0.469 e. The molecule has 0 bridgehead atoms. The maximum atomic E-state index is 11.7. The highest BCUT2D eigenvalue weighted by molar-refractivity contribution is 5.69. The lowest BCUT2D eigenvalue weighted by Crippen LogP contribution is -2.31. The van der Waals surface area contributed by atoms with E-state index in [4.69, 9.17) is 0 Å². The van der Waals surface area contributed by atoms with Crippen LogP contribution in [0.1, 0.15) is 19.8 Å². The van der Waals surface area contributed by atoms with Crippen molar-refractivity contribution in [1.29, 1.82) is 0 Å². The predicted octanol–water partition coefficient (Wildman–Crippen LogP) is 1.48. The Labute approximate surface area is 80.6 Å². The minimum absolute atomic E-state index is 0.0777. The average Bonchev–Trinajstić information content (AvgIpc) is 2.01. The van der Waals surface area contributed by atoms with Gasteiger partial charge in [-0.2, -0.15) is 13.2 Å². The van der Waals surface area contributed by atoms with Crippen LogP contribution in [0.5, 0.6) is 0 Å². The smallest absolute Gasteiger partial charge is 0.390 e. The second-order valence-electron chi connectivity index (χ2n) is 3.00. The fourth-order valence-electron chi connectivity index (χ4n) is 0.866. The number of hydrogen-bond donors (Lipinski definition) is 1. The predicted molar refractivity (Wildman–Crippen MR) is 44.8 cm³/mol. The van der Waals surface area contributed by atoms with Crippen molar-refractivity contribution in [1.82, 2.24) is 5.32 Å². The minimum atomic E-state index is -4.15. The van der Waals surface area contributed by atoms with Crippen LogP contribution in [0.25, 0.3) is 0 Å². The van der Waals surface area contributed by atoms with Crippen molar-refractivity contribution in [3.8, 4) is 0 Å². The van der Waals surface area contributed by atoms with E-state index in [0.717, 1.165) is 0 Å². The Morgan fingerprint density at radius 1 is 1.50 bits per heavy atom. The molecule has 0 rings (SSSR count). The van der Waals surface area contributed by atoms with Gasteiger partial charge in [-0.15, -0.1) is 0 Å². The first-order valence-electron chi connectivity index (χ1n) is 4.22. The van der Waals surface area contributed by atoms with Crippen molar-refractivity contribution in [2.24, 2.45) is 0 Å². The van der Waals surface area contributed by atoms with Crippen molar-refractivity contribution in [3.05, 3.63) is 0 Å². The second-order valence-corrected chi connectivity index (χ2v) is 3.00. The Morgan fingerprint density at radius 2 is 2.07 bits per heavy atom. The van der Waals surface area contributed by atoms with Crippen molar-refractivity contribution < 1.29 is 22.7 Å². The quantitative estimate of drug-likeness (QED) is 0.703. The van der Waals surface area contributed by atoms with Gasteiger partial charge in [0.2, 0.25) is 0 Å². The van der Waals surface area contributed by atoms with Crippen LogP contribution in [0.15, 0.2) is 0 Å². The van der Waals surface area contributed by atoms with E-state index in [2.05, 4.69) is 10.1 Å². The molecule has 0 radical (unpaired) electrons. The third kappa shape index (κ3) is 7.85. The third-order valence-corrected chi connectivity index (χ3v) is 1.60. The summed E-state index contributed by atoms with van der Waals surface area (Å²) in [7, 11) is 1.24. The van der Waals surface area contributed by atoms with Crippen molar-refractivity contribution in [3.63, 3.8) is 0 Å². The zero-order valence-corrected chi connectivity index (χ0v) is 8.15. The topological polar surface area (TPSA) is 38.3 Å². The Balaban J connectivity index is 3.54. The molecule has 0 amide bonds. The van der Waals surface area contributed by atoms with E-state index in [1.807, 2.05) is 0 Å². The standard InChI is InChI=1S/C8H14F3NO2/c1-6(5-7(13)14-2)12-4-3-8(9,10)11/h6,12H,3-5H2,1-2H3. The van der Waals surface area contributed by atoms with Gasteiger partial charge < -0.3 is 10.1 Å². The summed E-state index contributed by atoms with van der Waals surface area (Å²) < 4.78 is 39.5. The summed E-state index contributed by atoms with van der Waals surface area (Å²) in [4.78, 5) is 10.7. The molecule has 1 atom stereocenters. The third-order valence-electron chi connectivity index (χ3n) is 1.60.